The predicted octanol–water partition coefficient (Wildman–Crippen LogP) is 5.85. The van der Waals surface area contributed by atoms with Crippen LogP contribution in [0.15, 0.2) is 107 Å². The maximum atomic E-state index is 14.1. The first-order valence-corrected chi connectivity index (χ1v) is 11.4. The summed E-state index contributed by atoms with van der Waals surface area (Å²) in [6.45, 7) is 0. The number of hydrogen-bond acceptors (Lipinski definition) is 5. The molecule has 0 saturated heterocycles. The highest BCUT2D eigenvalue weighted by Crippen LogP contribution is 2.65. The Hall–Kier alpha value is -4.69. The third kappa shape index (κ3) is 2.22. The third-order valence-electron chi connectivity index (χ3n) is 7.65. The van der Waals surface area contributed by atoms with Crippen LogP contribution in [0.4, 0.5) is 0 Å². The molecule has 2 aliphatic carbocycles. The molecule has 4 aromatic carbocycles. The van der Waals surface area contributed by atoms with Crippen LogP contribution in [0.25, 0.3) is 11.1 Å². The van der Waals surface area contributed by atoms with Gasteiger partial charge in [0, 0.05) is 11.1 Å². The number of nitrogens with zero attached hydrogens (tertiary/aromatic N) is 3. The minimum atomic E-state index is -1.71. The zero-order valence-corrected chi connectivity index (χ0v) is 18.5. The molecule has 35 heavy (non-hydrogen) atoms. The Kier molecular flexibility index (Phi) is 3.77. The Morgan fingerprint density at radius 1 is 0.600 bits per heavy atom. The van der Waals surface area contributed by atoms with Gasteiger partial charge in [0.05, 0.1) is 17.6 Å². The number of azo groups is 1. The average Bonchev–Trinajstić information content (AvgIpc) is 3.50. The molecule has 0 fully saturated rings. The number of carbonyl (C=O) groups excluding carboxylic acids is 2. The number of nitriles is 1. The van der Waals surface area contributed by atoms with Gasteiger partial charge >= 0.3 is 0 Å². The lowest BCUT2D eigenvalue weighted by molar-refractivity contribution is 0.0773. The van der Waals surface area contributed by atoms with Gasteiger partial charge in [-0.3, -0.25) is 9.59 Å². The molecule has 0 amide bonds. The fourth-order valence-corrected chi connectivity index (χ4v) is 6.22. The molecule has 4 aromatic rings. The largest absolute Gasteiger partial charge is 0.291 e. The van der Waals surface area contributed by atoms with Gasteiger partial charge in [0.1, 0.15) is 5.54 Å². The van der Waals surface area contributed by atoms with Crippen molar-refractivity contribution >= 4 is 11.6 Å². The summed E-state index contributed by atoms with van der Waals surface area (Å²) in [5.41, 5.74) is 3.15. The molecule has 0 saturated carbocycles. The van der Waals surface area contributed by atoms with E-state index in [0.717, 1.165) is 27.8 Å². The van der Waals surface area contributed by atoms with Crippen molar-refractivity contribution in [1.82, 2.24) is 0 Å². The first-order chi connectivity index (χ1) is 17.1. The van der Waals surface area contributed by atoms with Gasteiger partial charge in [0.15, 0.2) is 0 Å². The third-order valence-corrected chi connectivity index (χ3v) is 7.65. The standard InChI is InChI=1S/C30H17N3O2/c31-17-18-13-15-19(16-14-18)26-29(24-11-5-3-7-20(24)21-8-4-6-12-25(21)29)32-33-30(26)27(34)22-9-1-2-10-23(22)28(30)35/h1-16,26H. The smallest absolute Gasteiger partial charge is 0.216 e. The summed E-state index contributed by atoms with van der Waals surface area (Å²) in [6.07, 6.45) is 0. The highest BCUT2D eigenvalue weighted by Gasteiger charge is 2.70. The highest BCUT2D eigenvalue weighted by molar-refractivity contribution is 6.34. The molecule has 0 radical (unpaired) electrons. The summed E-state index contributed by atoms with van der Waals surface area (Å²) in [4.78, 5) is 28.2. The van der Waals surface area contributed by atoms with Crippen molar-refractivity contribution in [3.8, 4) is 17.2 Å². The van der Waals surface area contributed by atoms with E-state index >= 15 is 0 Å². The van der Waals surface area contributed by atoms with Gasteiger partial charge in [-0.2, -0.15) is 15.5 Å². The quantitative estimate of drug-likeness (QED) is 0.340. The molecule has 5 heteroatoms. The number of hydrogen-bond donors (Lipinski definition) is 0. The highest BCUT2D eigenvalue weighted by atomic mass is 16.2. The van der Waals surface area contributed by atoms with Crippen molar-refractivity contribution in [3.63, 3.8) is 0 Å². The van der Waals surface area contributed by atoms with Gasteiger partial charge in [-0.25, -0.2) is 0 Å². The summed E-state index contributed by atoms with van der Waals surface area (Å²) in [5, 5.41) is 18.9. The summed E-state index contributed by atoms with van der Waals surface area (Å²) in [7, 11) is 0. The van der Waals surface area contributed by atoms with Crippen molar-refractivity contribution in [2.45, 2.75) is 17.0 Å². The molecule has 1 heterocycles. The maximum Gasteiger partial charge on any atom is 0.216 e. The SMILES string of the molecule is N#Cc1ccc(C2C3(N=NC24c2ccccc2-c2ccccc24)C(=O)c2ccccc2C3=O)cc1. The molecule has 0 N–H and O–H groups in total. The van der Waals surface area contributed by atoms with Gasteiger partial charge in [0.25, 0.3) is 0 Å². The molecule has 0 aromatic heterocycles. The first-order valence-electron chi connectivity index (χ1n) is 11.4. The molecule has 164 valence electrons. The molecule has 5 nitrogen and oxygen atoms in total. The first kappa shape index (κ1) is 19.7. The summed E-state index contributed by atoms with van der Waals surface area (Å²) >= 11 is 0. The van der Waals surface area contributed by atoms with Gasteiger partial charge in [-0.15, -0.1) is 0 Å². The number of fused-ring (bicyclic) bond motifs is 6. The van der Waals surface area contributed by atoms with E-state index in [1.165, 1.54) is 0 Å². The van der Waals surface area contributed by atoms with E-state index in [4.69, 9.17) is 5.11 Å². The second kappa shape index (κ2) is 6.68. The van der Waals surface area contributed by atoms with Crippen LogP contribution < -0.4 is 0 Å². The molecule has 7 rings (SSSR count). The Bertz CT molecular complexity index is 1580. The van der Waals surface area contributed by atoms with Gasteiger partial charge in [0.2, 0.25) is 17.1 Å². The van der Waals surface area contributed by atoms with Crippen molar-refractivity contribution < 1.29 is 9.59 Å². The minimum absolute atomic E-state index is 0.324. The van der Waals surface area contributed by atoms with E-state index in [-0.39, 0.29) is 11.6 Å². The average molecular weight is 451 g/mol. The fourth-order valence-electron chi connectivity index (χ4n) is 6.22. The minimum Gasteiger partial charge on any atom is -0.291 e. The lowest BCUT2D eigenvalue weighted by Crippen LogP contribution is -2.48. The molecule has 1 unspecified atom stereocenters. The predicted molar refractivity (Wildman–Crippen MR) is 129 cm³/mol. The maximum absolute atomic E-state index is 14.1. The zero-order chi connectivity index (χ0) is 23.8. The lowest BCUT2D eigenvalue weighted by Gasteiger charge is -2.36. The van der Waals surface area contributed by atoms with Crippen molar-refractivity contribution in [2.75, 3.05) is 0 Å². The van der Waals surface area contributed by atoms with E-state index in [1.54, 1.807) is 36.4 Å². The van der Waals surface area contributed by atoms with Crippen LogP contribution in [0.5, 0.6) is 0 Å². The zero-order valence-electron chi connectivity index (χ0n) is 18.5. The normalized spacial score (nSPS) is 19.6. The Labute approximate surface area is 201 Å². The molecule has 2 spiro atoms. The van der Waals surface area contributed by atoms with Crippen LogP contribution in [0.3, 0.4) is 0 Å². The summed E-state index contributed by atoms with van der Waals surface area (Å²) in [6, 6.07) is 32.2. The van der Waals surface area contributed by atoms with Crippen LogP contribution in [-0.2, 0) is 5.54 Å². The van der Waals surface area contributed by atoms with Gasteiger partial charge < -0.3 is 0 Å². The second-order valence-electron chi connectivity index (χ2n) is 9.19. The van der Waals surface area contributed by atoms with E-state index in [1.807, 2.05) is 60.7 Å². The molecule has 1 atom stereocenters. The Morgan fingerprint density at radius 3 is 1.57 bits per heavy atom. The number of rotatable bonds is 1. The van der Waals surface area contributed by atoms with Crippen LogP contribution in [0.2, 0.25) is 0 Å². The van der Waals surface area contributed by atoms with Crippen LogP contribution >= 0.6 is 0 Å². The monoisotopic (exact) mass is 451 g/mol. The molecule has 3 aliphatic rings. The molecular weight excluding hydrogens is 434 g/mol. The van der Waals surface area contributed by atoms with Gasteiger partial charge in [-0.05, 0) is 39.9 Å². The van der Waals surface area contributed by atoms with E-state index < -0.39 is 17.0 Å². The Morgan fingerprint density at radius 2 is 1.06 bits per heavy atom. The van der Waals surface area contributed by atoms with Gasteiger partial charge in [-0.1, -0.05) is 84.9 Å². The second-order valence-corrected chi connectivity index (χ2v) is 9.19. The van der Waals surface area contributed by atoms with Crippen molar-refractivity contribution in [1.29, 1.82) is 5.26 Å². The van der Waals surface area contributed by atoms with E-state index in [2.05, 4.69) is 11.2 Å². The summed E-state index contributed by atoms with van der Waals surface area (Å²) < 4.78 is 0. The van der Waals surface area contributed by atoms with Crippen molar-refractivity contribution in [3.05, 3.63) is 130 Å². The fraction of sp³-hybridized carbons (Fsp3) is 0.100. The topological polar surface area (TPSA) is 82.7 Å². The van der Waals surface area contributed by atoms with Crippen LogP contribution in [-0.4, -0.2) is 17.1 Å². The van der Waals surface area contributed by atoms with Crippen LogP contribution in [0, 0.1) is 11.3 Å². The van der Waals surface area contributed by atoms with E-state index in [0.29, 0.717) is 16.7 Å². The number of benzene rings is 4. The number of carbonyl (C=O) groups is 2. The van der Waals surface area contributed by atoms with E-state index in [9.17, 15) is 14.9 Å². The molecule has 1 aliphatic heterocycles. The number of ketones is 2. The number of Topliss-reactive ketones (excluding diaryl/α,β-unsaturated/α-hetero) is 2. The Balaban J connectivity index is 1.58. The molecular formula is C30H17N3O2. The van der Waals surface area contributed by atoms with Crippen LogP contribution in [0.1, 0.15) is 48.9 Å². The summed E-state index contributed by atoms with van der Waals surface area (Å²) in [5.74, 6) is -1.36. The molecule has 0 bridgehead atoms. The lowest BCUT2D eigenvalue weighted by atomic mass is 9.64. The van der Waals surface area contributed by atoms with Crippen molar-refractivity contribution in [2.24, 2.45) is 10.2 Å².